The summed E-state index contributed by atoms with van der Waals surface area (Å²) >= 11 is 4.10. The van der Waals surface area contributed by atoms with Gasteiger partial charge in [-0.15, -0.1) is 12.6 Å². The average molecular weight is 188 g/mol. The normalized spacial score (nSPS) is 21.8. The molecule has 0 bridgehead atoms. The topological polar surface area (TPSA) is 50.4 Å². The predicted octanol–water partition coefficient (Wildman–Crippen LogP) is 0.187. The first kappa shape index (κ1) is 9.25. The second-order valence-electron chi connectivity index (χ2n) is 2.41. The number of thiol groups is 1. The van der Waals surface area contributed by atoms with Crippen molar-refractivity contribution in [3.8, 4) is 0 Å². The van der Waals surface area contributed by atoms with E-state index in [1.807, 2.05) is 0 Å². The van der Waals surface area contributed by atoms with Crippen molar-refractivity contribution in [1.29, 1.82) is 0 Å². The van der Waals surface area contributed by atoms with Crippen molar-refractivity contribution >= 4 is 18.6 Å². The van der Waals surface area contributed by atoms with Gasteiger partial charge in [0.25, 0.3) is 0 Å². The van der Waals surface area contributed by atoms with E-state index in [1.54, 1.807) is 13.8 Å². The van der Waals surface area contributed by atoms with E-state index in [9.17, 15) is 4.79 Å². The molecule has 0 saturated carbocycles. The highest BCUT2D eigenvalue weighted by Gasteiger charge is 2.22. The number of carbonyl (C=O) groups excluding carboxylic acids is 1. The third-order valence-corrected chi connectivity index (χ3v) is 1.75. The van der Waals surface area contributed by atoms with E-state index in [1.165, 1.54) is 0 Å². The van der Waals surface area contributed by atoms with Crippen LogP contribution in [-0.2, 0) is 9.53 Å². The van der Waals surface area contributed by atoms with E-state index in [0.29, 0.717) is 12.3 Å². The first-order chi connectivity index (χ1) is 5.65. The van der Waals surface area contributed by atoms with Crippen molar-refractivity contribution in [3.63, 3.8) is 0 Å². The molecule has 0 radical (unpaired) electrons. The van der Waals surface area contributed by atoms with Crippen molar-refractivity contribution in [1.82, 2.24) is 10.6 Å². The Morgan fingerprint density at radius 3 is 2.75 bits per heavy atom. The Labute approximate surface area is 76.8 Å². The Balaban J connectivity index is 2.62. The van der Waals surface area contributed by atoms with Gasteiger partial charge in [-0.3, -0.25) is 0 Å². The van der Waals surface area contributed by atoms with E-state index < -0.39 is 0 Å². The molecule has 1 heterocycles. The zero-order chi connectivity index (χ0) is 9.14. The number of hydrogen-bond acceptors (Lipinski definition) is 5. The van der Waals surface area contributed by atoms with Crippen LogP contribution in [0.4, 0.5) is 0 Å². The van der Waals surface area contributed by atoms with Gasteiger partial charge in [-0.1, -0.05) is 0 Å². The number of rotatable bonds is 2. The number of carbonyl (C=O) groups is 1. The lowest BCUT2D eigenvalue weighted by molar-refractivity contribution is -0.138. The van der Waals surface area contributed by atoms with Gasteiger partial charge >= 0.3 is 5.97 Å². The summed E-state index contributed by atoms with van der Waals surface area (Å²) in [6.45, 7) is 3.96. The lowest BCUT2D eigenvalue weighted by Gasteiger charge is -2.05. The highest BCUT2D eigenvalue weighted by molar-refractivity contribution is 7.80. The molecule has 68 valence electrons. The minimum atomic E-state index is -0.334. The number of ether oxygens (including phenoxy) is 1. The highest BCUT2D eigenvalue weighted by Crippen LogP contribution is 2.10. The van der Waals surface area contributed by atoms with Crippen molar-refractivity contribution < 1.29 is 9.53 Å². The van der Waals surface area contributed by atoms with Crippen LogP contribution >= 0.6 is 12.6 Å². The fourth-order valence-corrected chi connectivity index (χ4v) is 1.30. The molecule has 0 aromatic carbocycles. The maximum atomic E-state index is 11.2. The fraction of sp³-hybridized carbons (Fsp3) is 0.571. The Bertz CT molecular complexity index is 227. The molecule has 1 unspecified atom stereocenters. The van der Waals surface area contributed by atoms with Crippen molar-refractivity contribution in [2.75, 3.05) is 6.61 Å². The van der Waals surface area contributed by atoms with Gasteiger partial charge in [0.1, 0.15) is 11.2 Å². The van der Waals surface area contributed by atoms with Crippen molar-refractivity contribution in [2.45, 2.75) is 19.3 Å². The van der Waals surface area contributed by atoms with Crippen LogP contribution in [0.5, 0.6) is 0 Å². The summed E-state index contributed by atoms with van der Waals surface area (Å²) in [6.07, 6.45) is 0. The largest absolute Gasteiger partial charge is 0.461 e. The highest BCUT2D eigenvalue weighted by atomic mass is 32.1. The van der Waals surface area contributed by atoms with Crippen LogP contribution in [0.3, 0.4) is 0 Å². The molecule has 2 N–H and O–H groups in total. The molecule has 4 nitrogen and oxygen atoms in total. The van der Waals surface area contributed by atoms with E-state index >= 15 is 0 Å². The third kappa shape index (κ3) is 1.85. The zero-order valence-electron chi connectivity index (χ0n) is 7.05. The SMILES string of the molecule is CCOC(=O)C1=C(C)NC(S)N1. The number of nitrogens with one attached hydrogen (secondary N) is 2. The molecule has 12 heavy (non-hydrogen) atoms. The van der Waals surface area contributed by atoms with Crippen LogP contribution in [0.25, 0.3) is 0 Å². The maximum absolute atomic E-state index is 11.2. The van der Waals surface area contributed by atoms with Crippen molar-refractivity contribution in [2.24, 2.45) is 0 Å². The number of hydrogen-bond donors (Lipinski definition) is 3. The molecular formula is C7H12N2O2S. The van der Waals surface area contributed by atoms with E-state index in [4.69, 9.17) is 4.74 Å². The molecular weight excluding hydrogens is 176 g/mol. The van der Waals surface area contributed by atoms with Gasteiger partial charge in [-0.05, 0) is 13.8 Å². The summed E-state index contributed by atoms with van der Waals surface area (Å²) in [5.74, 6) is -0.334. The van der Waals surface area contributed by atoms with Crippen LogP contribution in [0.1, 0.15) is 13.8 Å². The first-order valence-electron chi connectivity index (χ1n) is 3.74. The van der Waals surface area contributed by atoms with E-state index in [0.717, 1.165) is 5.70 Å². The molecule has 1 rings (SSSR count). The molecule has 5 heteroatoms. The van der Waals surface area contributed by atoms with Crippen LogP contribution in [0, 0.1) is 0 Å². The molecule has 0 saturated heterocycles. The Kier molecular flexibility index (Phi) is 2.86. The van der Waals surface area contributed by atoms with Gasteiger partial charge in [0.05, 0.1) is 6.61 Å². The van der Waals surface area contributed by atoms with Crippen LogP contribution in [0.2, 0.25) is 0 Å². The molecule has 1 atom stereocenters. The standard InChI is InChI=1S/C7H12N2O2S/c1-3-11-6(10)5-4(2)8-7(12)9-5/h7-9,12H,3H2,1-2H3. The Hall–Kier alpha value is -0.840. The van der Waals surface area contributed by atoms with Gasteiger partial charge in [-0.2, -0.15) is 0 Å². The Morgan fingerprint density at radius 2 is 2.33 bits per heavy atom. The van der Waals surface area contributed by atoms with Gasteiger partial charge in [0.2, 0.25) is 0 Å². The number of esters is 1. The third-order valence-electron chi connectivity index (χ3n) is 1.49. The monoisotopic (exact) mass is 188 g/mol. The molecule has 0 spiro atoms. The van der Waals surface area contributed by atoms with Gasteiger partial charge in [0.15, 0.2) is 0 Å². The summed E-state index contributed by atoms with van der Waals surface area (Å²) in [5.41, 5.74) is 1.05. The minimum absolute atomic E-state index is 0.190. The molecule has 1 aliphatic rings. The molecule has 0 fully saturated rings. The summed E-state index contributed by atoms with van der Waals surface area (Å²) in [6, 6.07) is 0. The van der Waals surface area contributed by atoms with E-state index in [-0.39, 0.29) is 11.5 Å². The van der Waals surface area contributed by atoms with E-state index in [2.05, 4.69) is 23.3 Å². The number of allylic oxidation sites excluding steroid dienone is 1. The summed E-state index contributed by atoms with van der Waals surface area (Å²) < 4.78 is 4.81. The van der Waals surface area contributed by atoms with Gasteiger partial charge in [-0.25, -0.2) is 4.79 Å². The van der Waals surface area contributed by atoms with Crippen molar-refractivity contribution in [3.05, 3.63) is 11.4 Å². The summed E-state index contributed by atoms with van der Waals surface area (Å²) in [4.78, 5) is 11.2. The predicted molar refractivity (Wildman–Crippen MR) is 48.4 cm³/mol. The van der Waals surface area contributed by atoms with Crippen LogP contribution in [0.15, 0.2) is 11.4 Å². The second-order valence-corrected chi connectivity index (χ2v) is 2.93. The molecule has 1 aliphatic heterocycles. The molecule has 0 aromatic heterocycles. The summed E-state index contributed by atoms with van der Waals surface area (Å²) in [7, 11) is 0. The second kappa shape index (κ2) is 3.71. The lowest BCUT2D eigenvalue weighted by atomic mass is 10.4. The fourth-order valence-electron chi connectivity index (χ4n) is 0.974. The smallest absolute Gasteiger partial charge is 0.356 e. The molecule has 0 aromatic rings. The first-order valence-corrected chi connectivity index (χ1v) is 4.26. The average Bonchev–Trinajstić information content (AvgIpc) is 2.30. The van der Waals surface area contributed by atoms with Crippen LogP contribution in [-0.4, -0.2) is 18.1 Å². The summed E-state index contributed by atoms with van der Waals surface area (Å²) in [5, 5.41) is 5.78. The lowest BCUT2D eigenvalue weighted by Crippen LogP contribution is -2.28. The van der Waals surface area contributed by atoms with Gasteiger partial charge in [0, 0.05) is 5.70 Å². The van der Waals surface area contributed by atoms with Gasteiger partial charge < -0.3 is 15.4 Å². The maximum Gasteiger partial charge on any atom is 0.356 e. The molecule has 0 aliphatic carbocycles. The zero-order valence-corrected chi connectivity index (χ0v) is 7.94. The quantitative estimate of drug-likeness (QED) is 0.427. The Morgan fingerprint density at radius 1 is 1.67 bits per heavy atom. The van der Waals surface area contributed by atoms with Crippen LogP contribution < -0.4 is 10.6 Å². The molecule has 0 amide bonds. The minimum Gasteiger partial charge on any atom is -0.461 e.